The van der Waals surface area contributed by atoms with Crippen LogP contribution < -0.4 is 11.1 Å². The summed E-state index contributed by atoms with van der Waals surface area (Å²) < 4.78 is 0. The van der Waals surface area contributed by atoms with Crippen molar-refractivity contribution in [1.29, 1.82) is 0 Å². The molecule has 0 aromatic heterocycles. The van der Waals surface area contributed by atoms with Gasteiger partial charge >= 0.3 is 6.03 Å². The quantitative estimate of drug-likeness (QED) is 0.823. The molecule has 1 aliphatic heterocycles. The molecule has 0 radical (unpaired) electrons. The van der Waals surface area contributed by atoms with Crippen LogP contribution in [0.15, 0.2) is 48.5 Å². The van der Waals surface area contributed by atoms with Crippen LogP contribution in [-0.4, -0.2) is 22.7 Å². The summed E-state index contributed by atoms with van der Waals surface area (Å²) in [7, 11) is 0. The Morgan fingerprint density at radius 1 is 1.20 bits per heavy atom. The number of halogens is 1. The number of imide groups is 1. The van der Waals surface area contributed by atoms with Gasteiger partial charge < -0.3 is 11.1 Å². The fourth-order valence-corrected chi connectivity index (χ4v) is 2.92. The Balaban J connectivity index is 1.90. The minimum Gasteiger partial charge on any atom is -0.366 e. The third-order valence-corrected chi connectivity index (χ3v) is 4.51. The van der Waals surface area contributed by atoms with Gasteiger partial charge in [-0.05, 0) is 42.3 Å². The number of nitrogens with two attached hydrogens (primary N) is 1. The molecule has 7 heteroatoms. The van der Waals surface area contributed by atoms with E-state index in [0.29, 0.717) is 10.6 Å². The average Bonchev–Trinajstić information content (AvgIpc) is 2.81. The number of hydrogen-bond donors (Lipinski definition) is 2. The predicted molar refractivity (Wildman–Crippen MR) is 92.8 cm³/mol. The molecule has 128 valence electrons. The number of nitrogens with one attached hydrogen (secondary N) is 1. The van der Waals surface area contributed by atoms with Gasteiger partial charge in [-0.1, -0.05) is 35.9 Å². The standard InChI is InChI=1S/C18H16ClN3O3/c1-18(13-4-2-3-12(9-13)15(20)23)16(24)22(17(25)21-18)10-11-5-7-14(19)8-6-11/h2-9H,10H2,1H3,(H2,20,23)(H,21,25)/t18-/m0/s1. The van der Waals surface area contributed by atoms with Gasteiger partial charge in [0.05, 0.1) is 6.54 Å². The third kappa shape index (κ3) is 3.08. The zero-order chi connectivity index (χ0) is 18.2. The highest BCUT2D eigenvalue weighted by atomic mass is 35.5. The number of rotatable bonds is 4. The molecule has 1 fully saturated rings. The summed E-state index contributed by atoms with van der Waals surface area (Å²) in [5.74, 6) is -0.991. The summed E-state index contributed by atoms with van der Waals surface area (Å²) in [6, 6.07) is 12.8. The third-order valence-electron chi connectivity index (χ3n) is 4.25. The molecule has 2 aromatic rings. The van der Waals surface area contributed by atoms with Gasteiger partial charge in [-0.3, -0.25) is 14.5 Å². The maximum atomic E-state index is 12.9. The maximum absolute atomic E-state index is 12.9. The van der Waals surface area contributed by atoms with Crippen molar-refractivity contribution in [3.05, 3.63) is 70.2 Å². The molecule has 6 nitrogen and oxygen atoms in total. The Morgan fingerprint density at radius 3 is 2.52 bits per heavy atom. The molecular weight excluding hydrogens is 342 g/mol. The zero-order valence-electron chi connectivity index (χ0n) is 13.5. The van der Waals surface area contributed by atoms with Crippen molar-refractivity contribution < 1.29 is 14.4 Å². The van der Waals surface area contributed by atoms with E-state index in [1.165, 1.54) is 6.07 Å². The smallest absolute Gasteiger partial charge is 0.325 e. The lowest BCUT2D eigenvalue weighted by Gasteiger charge is -2.22. The van der Waals surface area contributed by atoms with Crippen molar-refractivity contribution in [2.75, 3.05) is 0 Å². The molecule has 1 aliphatic rings. The topological polar surface area (TPSA) is 92.5 Å². The molecule has 3 N–H and O–H groups in total. The van der Waals surface area contributed by atoms with E-state index in [-0.39, 0.29) is 12.1 Å². The maximum Gasteiger partial charge on any atom is 0.325 e. The summed E-state index contributed by atoms with van der Waals surface area (Å²) in [6.45, 7) is 1.74. The van der Waals surface area contributed by atoms with E-state index in [0.717, 1.165) is 10.5 Å². The summed E-state index contributed by atoms with van der Waals surface area (Å²) in [5.41, 5.74) is 5.60. The van der Waals surface area contributed by atoms with Gasteiger partial charge in [-0.2, -0.15) is 0 Å². The molecule has 1 atom stereocenters. The average molecular weight is 358 g/mol. The molecule has 0 spiro atoms. The number of benzene rings is 2. The Kier molecular flexibility index (Phi) is 4.22. The first-order valence-corrected chi connectivity index (χ1v) is 7.98. The Morgan fingerprint density at radius 2 is 1.88 bits per heavy atom. The predicted octanol–water partition coefficient (Wildman–Crippen LogP) is 2.41. The summed E-state index contributed by atoms with van der Waals surface area (Å²) in [6.07, 6.45) is 0. The van der Waals surface area contributed by atoms with E-state index in [2.05, 4.69) is 5.32 Å². The molecule has 0 unspecified atom stereocenters. The Labute approximate surface area is 149 Å². The van der Waals surface area contributed by atoms with Crippen LogP contribution in [0.4, 0.5) is 4.79 Å². The second kappa shape index (κ2) is 6.22. The number of carbonyl (C=O) groups is 3. The van der Waals surface area contributed by atoms with Gasteiger partial charge in [-0.25, -0.2) is 4.79 Å². The molecule has 0 bridgehead atoms. The van der Waals surface area contributed by atoms with Crippen molar-refractivity contribution in [3.63, 3.8) is 0 Å². The van der Waals surface area contributed by atoms with E-state index in [1.54, 1.807) is 49.4 Å². The van der Waals surface area contributed by atoms with Crippen LogP contribution >= 0.6 is 11.6 Å². The molecule has 0 saturated carbocycles. The van der Waals surface area contributed by atoms with Crippen LogP contribution in [0.5, 0.6) is 0 Å². The number of hydrogen-bond acceptors (Lipinski definition) is 3. The second-order valence-corrected chi connectivity index (χ2v) is 6.45. The first-order valence-electron chi connectivity index (χ1n) is 7.60. The Bertz CT molecular complexity index is 866. The lowest BCUT2D eigenvalue weighted by molar-refractivity contribution is -0.131. The van der Waals surface area contributed by atoms with Crippen LogP contribution in [0, 0.1) is 0 Å². The largest absolute Gasteiger partial charge is 0.366 e. The first kappa shape index (κ1) is 17.0. The van der Waals surface area contributed by atoms with Crippen LogP contribution in [0.25, 0.3) is 0 Å². The van der Waals surface area contributed by atoms with Gasteiger partial charge in [0, 0.05) is 10.6 Å². The van der Waals surface area contributed by atoms with Crippen molar-refractivity contribution in [2.24, 2.45) is 5.73 Å². The van der Waals surface area contributed by atoms with Gasteiger partial charge in [0.15, 0.2) is 0 Å². The van der Waals surface area contributed by atoms with Gasteiger partial charge in [0.1, 0.15) is 5.54 Å². The van der Waals surface area contributed by atoms with Crippen molar-refractivity contribution in [2.45, 2.75) is 19.0 Å². The van der Waals surface area contributed by atoms with Gasteiger partial charge in [0.25, 0.3) is 5.91 Å². The summed E-state index contributed by atoms with van der Waals surface area (Å²) >= 11 is 5.85. The summed E-state index contributed by atoms with van der Waals surface area (Å²) in [5, 5.41) is 3.28. The SMILES string of the molecule is C[C@@]1(c2cccc(C(N)=O)c2)NC(=O)N(Cc2ccc(Cl)cc2)C1=O. The molecule has 1 saturated heterocycles. The number of urea groups is 1. The number of carbonyl (C=O) groups excluding carboxylic acids is 3. The molecule has 0 aliphatic carbocycles. The first-order chi connectivity index (χ1) is 11.8. The Hall–Kier alpha value is -2.86. The minimum absolute atomic E-state index is 0.132. The van der Waals surface area contributed by atoms with E-state index in [4.69, 9.17) is 17.3 Å². The lowest BCUT2D eigenvalue weighted by atomic mass is 9.90. The fraction of sp³-hybridized carbons (Fsp3) is 0.167. The fourth-order valence-electron chi connectivity index (χ4n) is 2.79. The highest BCUT2D eigenvalue weighted by molar-refractivity contribution is 6.30. The van der Waals surface area contributed by atoms with E-state index in [1.807, 2.05) is 0 Å². The van der Waals surface area contributed by atoms with Crippen LogP contribution in [0.3, 0.4) is 0 Å². The highest BCUT2D eigenvalue weighted by Gasteiger charge is 2.49. The van der Waals surface area contributed by atoms with Crippen LogP contribution in [0.1, 0.15) is 28.4 Å². The van der Waals surface area contributed by atoms with E-state index < -0.39 is 23.4 Å². The highest BCUT2D eigenvalue weighted by Crippen LogP contribution is 2.30. The van der Waals surface area contributed by atoms with Crippen molar-refractivity contribution in [3.8, 4) is 0 Å². The molecular formula is C18H16ClN3O3. The molecule has 1 heterocycles. The normalized spacial score (nSPS) is 19.8. The number of nitrogens with zero attached hydrogens (tertiary/aromatic N) is 1. The molecule has 2 aromatic carbocycles. The summed E-state index contributed by atoms with van der Waals surface area (Å²) in [4.78, 5) is 37.8. The zero-order valence-corrected chi connectivity index (χ0v) is 14.2. The minimum atomic E-state index is -1.25. The van der Waals surface area contributed by atoms with Crippen LogP contribution in [0.2, 0.25) is 5.02 Å². The lowest BCUT2D eigenvalue weighted by Crippen LogP contribution is -2.41. The monoisotopic (exact) mass is 357 g/mol. The van der Waals surface area contributed by atoms with Crippen molar-refractivity contribution in [1.82, 2.24) is 10.2 Å². The van der Waals surface area contributed by atoms with Gasteiger partial charge in [0.2, 0.25) is 5.91 Å². The van der Waals surface area contributed by atoms with E-state index in [9.17, 15) is 14.4 Å². The molecule has 3 rings (SSSR count). The number of primary amides is 1. The van der Waals surface area contributed by atoms with Crippen LogP contribution in [-0.2, 0) is 16.9 Å². The van der Waals surface area contributed by atoms with Crippen molar-refractivity contribution >= 4 is 29.4 Å². The number of amides is 4. The molecule has 25 heavy (non-hydrogen) atoms. The molecule has 4 amide bonds. The van der Waals surface area contributed by atoms with Gasteiger partial charge in [-0.15, -0.1) is 0 Å². The van der Waals surface area contributed by atoms with E-state index >= 15 is 0 Å². The second-order valence-electron chi connectivity index (χ2n) is 6.02.